The number of methoxy groups -OCH3 is 2. The lowest BCUT2D eigenvalue weighted by Crippen LogP contribution is -2.13. The summed E-state index contributed by atoms with van der Waals surface area (Å²) in [6, 6.07) is 8.80. The van der Waals surface area contributed by atoms with Gasteiger partial charge in [-0.25, -0.2) is 0 Å². The molecule has 0 aliphatic rings. The molecule has 0 spiro atoms. The molecule has 0 atom stereocenters. The second-order valence-electron chi connectivity index (χ2n) is 4.94. The van der Waals surface area contributed by atoms with E-state index in [2.05, 4.69) is 5.32 Å². The summed E-state index contributed by atoms with van der Waals surface area (Å²) in [5.74, 6) is 0.753. The molecule has 0 fully saturated rings. The number of carbonyl (C=O) groups excluding carboxylic acids is 1. The number of benzene rings is 2. The van der Waals surface area contributed by atoms with E-state index >= 15 is 0 Å². The second kappa shape index (κ2) is 6.71. The van der Waals surface area contributed by atoms with E-state index in [0.717, 1.165) is 11.1 Å². The van der Waals surface area contributed by atoms with Gasteiger partial charge in [-0.05, 0) is 43.2 Å². The first-order valence-corrected chi connectivity index (χ1v) is 7.14. The van der Waals surface area contributed by atoms with Crippen molar-refractivity contribution in [3.8, 4) is 11.5 Å². The molecule has 0 saturated carbocycles. The van der Waals surface area contributed by atoms with Gasteiger partial charge in [0.15, 0.2) is 0 Å². The Morgan fingerprint density at radius 1 is 1.00 bits per heavy atom. The molecule has 0 heterocycles. The Morgan fingerprint density at radius 2 is 1.68 bits per heavy atom. The average Bonchev–Trinajstić information content (AvgIpc) is 2.50. The lowest BCUT2D eigenvalue weighted by atomic mass is 10.1. The Labute approximate surface area is 135 Å². The minimum Gasteiger partial charge on any atom is -0.495 e. The Hall–Kier alpha value is -2.20. The summed E-state index contributed by atoms with van der Waals surface area (Å²) in [6.07, 6.45) is 0. The van der Waals surface area contributed by atoms with Crippen LogP contribution in [0, 0.1) is 13.8 Å². The molecule has 2 rings (SSSR count). The summed E-state index contributed by atoms with van der Waals surface area (Å²) < 4.78 is 10.4. The van der Waals surface area contributed by atoms with Gasteiger partial charge in [0.05, 0.1) is 24.9 Å². The topological polar surface area (TPSA) is 47.6 Å². The average molecular weight is 320 g/mol. The fourth-order valence-corrected chi connectivity index (χ4v) is 2.28. The highest BCUT2D eigenvalue weighted by atomic mass is 35.5. The summed E-state index contributed by atoms with van der Waals surface area (Å²) in [5, 5.41) is 3.21. The number of carbonyl (C=O) groups is 1. The fraction of sp³-hybridized carbons (Fsp3) is 0.235. The van der Waals surface area contributed by atoms with Gasteiger partial charge in [0.25, 0.3) is 5.91 Å². The number of ether oxygens (including phenoxy) is 2. The van der Waals surface area contributed by atoms with Crippen LogP contribution in [0.5, 0.6) is 11.5 Å². The maximum atomic E-state index is 12.4. The first kappa shape index (κ1) is 16.2. The molecule has 0 bridgehead atoms. The molecule has 5 heteroatoms. The largest absolute Gasteiger partial charge is 0.495 e. The van der Waals surface area contributed by atoms with Crippen LogP contribution in [0.1, 0.15) is 21.5 Å². The Kier molecular flexibility index (Phi) is 4.93. The predicted octanol–water partition coefficient (Wildman–Crippen LogP) is 4.23. The van der Waals surface area contributed by atoms with E-state index in [1.54, 1.807) is 18.2 Å². The van der Waals surface area contributed by atoms with Gasteiger partial charge in [-0.1, -0.05) is 17.7 Å². The van der Waals surface area contributed by atoms with Crippen molar-refractivity contribution in [3.05, 3.63) is 52.0 Å². The van der Waals surface area contributed by atoms with Crippen molar-refractivity contribution in [3.63, 3.8) is 0 Å². The van der Waals surface area contributed by atoms with Gasteiger partial charge in [0, 0.05) is 11.6 Å². The molecule has 0 unspecified atom stereocenters. The number of halogens is 1. The van der Waals surface area contributed by atoms with Crippen LogP contribution >= 0.6 is 11.6 Å². The monoisotopic (exact) mass is 319 g/mol. The van der Waals surface area contributed by atoms with Crippen LogP contribution in [-0.4, -0.2) is 20.1 Å². The van der Waals surface area contributed by atoms with Crippen LogP contribution < -0.4 is 14.8 Å². The molecule has 0 radical (unpaired) electrons. The summed E-state index contributed by atoms with van der Waals surface area (Å²) in [6.45, 7) is 3.97. The van der Waals surface area contributed by atoms with Crippen LogP contribution in [0.2, 0.25) is 5.02 Å². The number of hydrogen-bond acceptors (Lipinski definition) is 3. The highest BCUT2D eigenvalue weighted by molar-refractivity contribution is 6.32. The third-order valence-electron chi connectivity index (χ3n) is 3.49. The highest BCUT2D eigenvalue weighted by Crippen LogP contribution is 2.36. The van der Waals surface area contributed by atoms with Crippen LogP contribution in [0.4, 0.5) is 5.69 Å². The summed E-state index contributed by atoms with van der Waals surface area (Å²) in [5.41, 5.74) is 3.28. The third-order valence-corrected chi connectivity index (χ3v) is 3.79. The number of hydrogen-bond donors (Lipinski definition) is 1. The van der Waals surface area contributed by atoms with Crippen molar-refractivity contribution < 1.29 is 14.3 Å². The molecule has 1 N–H and O–H groups in total. The Balaban J connectivity index is 2.31. The van der Waals surface area contributed by atoms with Crippen molar-refractivity contribution >= 4 is 23.2 Å². The van der Waals surface area contributed by atoms with E-state index in [1.165, 1.54) is 14.2 Å². The SMILES string of the molecule is COc1cc(OC)c(NC(=O)c2ccc(C)c(C)c2)cc1Cl. The third kappa shape index (κ3) is 3.34. The van der Waals surface area contributed by atoms with Gasteiger partial charge in [-0.2, -0.15) is 0 Å². The number of aryl methyl sites for hydroxylation is 2. The lowest BCUT2D eigenvalue weighted by Gasteiger charge is -2.13. The van der Waals surface area contributed by atoms with Gasteiger partial charge >= 0.3 is 0 Å². The molecule has 2 aromatic rings. The molecule has 4 nitrogen and oxygen atoms in total. The van der Waals surface area contributed by atoms with Crippen molar-refractivity contribution in [2.45, 2.75) is 13.8 Å². The molecule has 0 saturated heterocycles. The van der Waals surface area contributed by atoms with E-state index in [-0.39, 0.29) is 5.91 Å². The first-order chi connectivity index (χ1) is 10.5. The fourth-order valence-electron chi connectivity index (χ4n) is 2.03. The maximum absolute atomic E-state index is 12.4. The first-order valence-electron chi connectivity index (χ1n) is 6.76. The van der Waals surface area contributed by atoms with Gasteiger partial charge in [0.2, 0.25) is 0 Å². The smallest absolute Gasteiger partial charge is 0.255 e. The molecule has 22 heavy (non-hydrogen) atoms. The van der Waals surface area contributed by atoms with Gasteiger partial charge in [0.1, 0.15) is 11.5 Å². The molecule has 0 aliphatic heterocycles. The number of nitrogens with one attached hydrogen (secondary N) is 1. The van der Waals surface area contributed by atoms with E-state index in [0.29, 0.717) is 27.8 Å². The zero-order valence-corrected chi connectivity index (χ0v) is 13.7. The van der Waals surface area contributed by atoms with Crippen molar-refractivity contribution in [1.29, 1.82) is 0 Å². The van der Waals surface area contributed by atoms with Crippen LogP contribution in [0.3, 0.4) is 0 Å². The molecular formula is C17H18ClNO3. The molecule has 116 valence electrons. The zero-order chi connectivity index (χ0) is 16.3. The maximum Gasteiger partial charge on any atom is 0.255 e. The van der Waals surface area contributed by atoms with Gasteiger partial charge in [-0.15, -0.1) is 0 Å². The predicted molar refractivity (Wildman–Crippen MR) is 88.4 cm³/mol. The molecule has 0 aliphatic carbocycles. The normalized spacial score (nSPS) is 10.2. The van der Waals surface area contributed by atoms with E-state index in [4.69, 9.17) is 21.1 Å². The van der Waals surface area contributed by atoms with Crippen LogP contribution in [0.15, 0.2) is 30.3 Å². The zero-order valence-electron chi connectivity index (χ0n) is 13.0. The summed E-state index contributed by atoms with van der Waals surface area (Å²) >= 11 is 6.10. The molecule has 2 aromatic carbocycles. The van der Waals surface area contributed by atoms with E-state index in [9.17, 15) is 4.79 Å². The van der Waals surface area contributed by atoms with Crippen molar-refractivity contribution in [1.82, 2.24) is 0 Å². The standard InChI is InChI=1S/C17H18ClNO3/c1-10-5-6-12(7-11(10)2)17(20)19-14-8-13(18)15(21-3)9-16(14)22-4/h5-9H,1-4H3,(H,19,20). The van der Waals surface area contributed by atoms with Crippen molar-refractivity contribution in [2.24, 2.45) is 0 Å². The van der Waals surface area contributed by atoms with Gasteiger partial charge in [-0.3, -0.25) is 4.79 Å². The summed E-state index contributed by atoms with van der Waals surface area (Å²) in [4.78, 5) is 12.4. The van der Waals surface area contributed by atoms with Crippen LogP contribution in [-0.2, 0) is 0 Å². The number of rotatable bonds is 4. The Morgan fingerprint density at radius 3 is 2.27 bits per heavy atom. The van der Waals surface area contributed by atoms with E-state index < -0.39 is 0 Å². The minimum atomic E-state index is -0.220. The quantitative estimate of drug-likeness (QED) is 0.917. The second-order valence-corrected chi connectivity index (χ2v) is 5.35. The van der Waals surface area contributed by atoms with Gasteiger partial charge < -0.3 is 14.8 Å². The molecule has 0 aromatic heterocycles. The lowest BCUT2D eigenvalue weighted by molar-refractivity contribution is 0.102. The minimum absolute atomic E-state index is 0.220. The van der Waals surface area contributed by atoms with Crippen molar-refractivity contribution in [2.75, 3.05) is 19.5 Å². The molecular weight excluding hydrogens is 302 g/mol. The Bertz CT molecular complexity index is 713. The number of amides is 1. The molecule has 1 amide bonds. The van der Waals surface area contributed by atoms with Crippen LogP contribution in [0.25, 0.3) is 0 Å². The van der Waals surface area contributed by atoms with E-state index in [1.807, 2.05) is 26.0 Å². The number of anilines is 1. The summed E-state index contributed by atoms with van der Waals surface area (Å²) in [7, 11) is 3.04. The highest BCUT2D eigenvalue weighted by Gasteiger charge is 2.14.